The Balaban J connectivity index is 1.75. The minimum absolute atomic E-state index is 0.179. The smallest absolute Gasteiger partial charge is 0.345 e. The van der Waals surface area contributed by atoms with Gasteiger partial charge in [-0.1, -0.05) is 17.8 Å². The van der Waals surface area contributed by atoms with Crippen molar-refractivity contribution in [3.8, 4) is 0 Å². The van der Waals surface area contributed by atoms with Gasteiger partial charge in [0.15, 0.2) is 0 Å². The quantitative estimate of drug-likeness (QED) is 0.500. The summed E-state index contributed by atoms with van der Waals surface area (Å²) in [7, 11) is 1.52. The van der Waals surface area contributed by atoms with Crippen molar-refractivity contribution >= 4 is 29.7 Å². The van der Waals surface area contributed by atoms with E-state index in [1.807, 2.05) is 26.0 Å². The SMILES string of the molecule is COCC(Sc1[nH]c(=O)ncc1C)C(=O)NC(C)c1ccc2c(c1)=CC(=O)N=2. The summed E-state index contributed by atoms with van der Waals surface area (Å²) in [6, 6.07) is 5.17. The van der Waals surface area contributed by atoms with Crippen molar-refractivity contribution in [2.75, 3.05) is 13.7 Å². The lowest BCUT2D eigenvalue weighted by molar-refractivity contribution is -0.122. The van der Waals surface area contributed by atoms with Crippen LogP contribution < -0.4 is 21.6 Å². The Labute approximate surface area is 165 Å². The molecule has 2 atom stereocenters. The molecule has 8 nitrogen and oxygen atoms in total. The van der Waals surface area contributed by atoms with E-state index in [0.717, 1.165) is 16.3 Å². The lowest BCUT2D eigenvalue weighted by Crippen LogP contribution is -2.37. The van der Waals surface area contributed by atoms with Crippen molar-refractivity contribution < 1.29 is 14.3 Å². The second-order valence-corrected chi connectivity index (χ2v) is 7.62. The molecule has 1 aromatic heterocycles. The van der Waals surface area contributed by atoms with Crippen molar-refractivity contribution in [1.82, 2.24) is 15.3 Å². The summed E-state index contributed by atoms with van der Waals surface area (Å²) in [5.74, 6) is -0.497. The fourth-order valence-electron chi connectivity index (χ4n) is 2.75. The van der Waals surface area contributed by atoms with E-state index in [1.54, 1.807) is 6.07 Å². The van der Waals surface area contributed by atoms with Crippen LogP contribution in [0.5, 0.6) is 0 Å². The van der Waals surface area contributed by atoms with Crippen LogP contribution in [0.25, 0.3) is 6.08 Å². The molecule has 0 saturated carbocycles. The third kappa shape index (κ3) is 4.55. The first kappa shape index (κ1) is 20.0. The van der Waals surface area contributed by atoms with Crippen molar-refractivity contribution in [2.24, 2.45) is 4.99 Å². The van der Waals surface area contributed by atoms with Crippen LogP contribution in [0.15, 0.2) is 39.2 Å². The van der Waals surface area contributed by atoms with Crippen LogP contribution in [0.1, 0.15) is 24.1 Å². The van der Waals surface area contributed by atoms with E-state index in [0.29, 0.717) is 10.4 Å². The molecule has 0 bridgehead atoms. The van der Waals surface area contributed by atoms with Gasteiger partial charge in [0.25, 0.3) is 5.91 Å². The largest absolute Gasteiger partial charge is 0.383 e. The highest BCUT2D eigenvalue weighted by Crippen LogP contribution is 2.24. The lowest BCUT2D eigenvalue weighted by Gasteiger charge is -2.20. The van der Waals surface area contributed by atoms with E-state index in [2.05, 4.69) is 20.3 Å². The number of carbonyl (C=O) groups is 2. The zero-order valence-electron chi connectivity index (χ0n) is 15.7. The molecule has 9 heteroatoms. The number of rotatable bonds is 7. The number of aromatic amines is 1. The van der Waals surface area contributed by atoms with Gasteiger partial charge in [0, 0.05) is 24.6 Å². The number of carbonyl (C=O) groups excluding carboxylic acids is 2. The zero-order valence-corrected chi connectivity index (χ0v) is 16.5. The molecule has 0 saturated heterocycles. The number of amides is 2. The number of nitrogens with zero attached hydrogens (tertiary/aromatic N) is 2. The Morgan fingerprint density at radius 1 is 1.36 bits per heavy atom. The van der Waals surface area contributed by atoms with Crippen molar-refractivity contribution in [1.29, 1.82) is 0 Å². The second-order valence-electron chi connectivity index (χ2n) is 6.41. The maximum atomic E-state index is 12.8. The van der Waals surface area contributed by atoms with Crippen LogP contribution in [-0.2, 0) is 14.3 Å². The maximum absolute atomic E-state index is 12.8. The topological polar surface area (TPSA) is 114 Å². The summed E-state index contributed by atoms with van der Waals surface area (Å²) >= 11 is 1.22. The Hall–Kier alpha value is -2.78. The number of hydrogen-bond acceptors (Lipinski definition) is 6. The first-order valence-corrected chi connectivity index (χ1v) is 9.51. The molecular formula is C19H20N4O4S. The Bertz CT molecular complexity index is 1100. The van der Waals surface area contributed by atoms with Gasteiger partial charge in [-0.25, -0.2) is 14.8 Å². The molecular weight excluding hydrogens is 380 g/mol. The van der Waals surface area contributed by atoms with E-state index in [-0.39, 0.29) is 24.5 Å². The zero-order chi connectivity index (χ0) is 20.3. The molecule has 0 spiro atoms. The maximum Gasteiger partial charge on any atom is 0.345 e. The summed E-state index contributed by atoms with van der Waals surface area (Å²) in [6.45, 7) is 3.85. The van der Waals surface area contributed by atoms with Gasteiger partial charge in [-0.15, -0.1) is 0 Å². The fourth-order valence-corrected chi connectivity index (χ4v) is 3.80. The van der Waals surface area contributed by atoms with Gasteiger partial charge in [-0.3, -0.25) is 9.59 Å². The number of benzene rings is 1. The number of methoxy groups -OCH3 is 1. The number of H-pyrrole nitrogens is 1. The number of ether oxygens (including phenoxy) is 1. The first-order chi connectivity index (χ1) is 13.4. The van der Waals surface area contributed by atoms with Crippen LogP contribution in [0.3, 0.4) is 0 Å². The molecule has 0 fully saturated rings. The van der Waals surface area contributed by atoms with Gasteiger partial charge in [-0.2, -0.15) is 0 Å². The Kier molecular flexibility index (Phi) is 6.05. The van der Waals surface area contributed by atoms with Crippen LogP contribution >= 0.6 is 11.8 Å². The number of aryl methyl sites for hydroxylation is 1. The molecule has 1 aliphatic heterocycles. The van der Waals surface area contributed by atoms with Gasteiger partial charge < -0.3 is 15.0 Å². The molecule has 1 aliphatic rings. The Morgan fingerprint density at radius 3 is 2.89 bits per heavy atom. The summed E-state index contributed by atoms with van der Waals surface area (Å²) in [5, 5.41) is 4.37. The molecule has 2 heterocycles. The van der Waals surface area contributed by atoms with E-state index in [1.165, 1.54) is 31.1 Å². The normalized spacial score (nSPS) is 14.6. The van der Waals surface area contributed by atoms with Crippen molar-refractivity contribution in [2.45, 2.75) is 30.2 Å². The average molecular weight is 400 g/mol. The summed E-state index contributed by atoms with van der Waals surface area (Å²) in [4.78, 5) is 45.9. The first-order valence-electron chi connectivity index (χ1n) is 8.63. The summed E-state index contributed by atoms with van der Waals surface area (Å²) < 4.78 is 5.18. The molecule has 2 amide bonds. The molecule has 2 unspecified atom stereocenters. The van der Waals surface area contributed by atoms with Gasteiger partial charge in [0.2, 0.25) is 5.91 Å². The van der Waals surface area contributed by atoms with Crippen molar-refractivity contribution in [3.63, 3.8) is 0 Å². The van der Waals surface area contributed by atoms with Gasteiger partial charge in [-0.05, 0) is 37.1 Å². The highest BCUT2D eigenvalue weighted by atomic mass is 32.2. The van der Waals surface area contributed by atoms with Gasteiger partial charge in [0.05, 0.1) is 23.0 Å². The van der Waals surface area contributed by atoms with Gasteiger partial charge >= 0.3 is 5.69 Å². The van der Waals surface area contributed by atoms with E-state index < -0.39 is 10.9 Å². The van der Waals surface area contributed by atoms with Crippen LogP contribution in [0.4, 0.5) is 0 Å². The minimum atomic E-state index is -0.554. The molecule has 0 aliphatic carbocycles. The Morgan fingerprint density at radius 2 is 2.14 bits per heavy atom. The fraction of sp³-hybridized carbons (Fsp3) is 0.316. The number of aromatic nitrogens is 2. The standard InChI is InChI=1S/C19H20N4O4S/c1-10-8-20-19(26)23-18(10)28-15(9-27-3)17(25)21-11(2)12-4-5-14-13(6-12)7-16(24)22-14/h4-8,11,15H,9H2,1-3H3,(H,21,25)(H,20,23,26). The van der Waals surface area contributed by atoms with Crippen LogP contribution in [-0.4, -0.2) is 40.7 Å². The monoisotopic (exact) mass is 400 g/mol. The molecule has 146 valence electrons. The molecule has 2 aromatic rings. The average Bonchev–Trinajstić information content (AvgIpc) is 3.03. The predicted octanol–water partition coefficient (Wildman–Crippen LogP) is 0.00312. The summed E-state index contributed by atoms with van der Waals surface area (Å²) in [5.41, 5.74) is 1.17. The van der Waals surface area contributed by atoms with Crippen molar-refractivity contribution in [3.05, 3.63) is 56.6 Å². The second kappa shape index (κ2) is 8.49. The third-order valence-corrected chi connectivity index (χ3v) is 5.54. The molecule has 28 heavy (non-hydrogen) atoms. The number of fused-ring (bicyclic) bond motifs is 1. The minimum Gasteiger partial charge on any atom is -0.383 e. The van der Waals surface area contributed by atoms with E-state index in [4.69, 9.17) is 4.74 Å². The molecule has 0 radical (unpaired) electrons. The number of hydrogen-bond donors (Lipinski definition) is 2. The summed E-state index contributed by atoms with van der Waals surface area (Å²) in [6.07, 6.45) is 2.94. The lowest BCUT2D eigenvalue weighted by atomic mass is 10.1. The van der Waals surface area contributed by atoms with E-state index >= 15 is 0 Å². The highest BCUT2D eigenvalue weighted by molar-refractivity contribution is 8.00. The number of thioether (sulfide) groups is 1. The van der Waals surface area contributed by atoms with Crippen LogP contribution in [0, 0.1) is 6.92 Å². The van der Waals surface area contributed by atoms with Crippen LogP contribution in [0.2, 0.25) is 0 Å². The third-order valence-electron chi connectivity index (χ3n) is 4.24. The molecule has 2 N–H and O–H groups in total. The highest BCUT2D eigenvalue weighted by Gasteiger charge is 2.23. The number of nitrogens with one attached hydrogen (secondary N) is 2. The molecule has 1 aromatic carbocycles. The van der Waals surface area contributed by atoms with Gasteiger partial charge in [0.1, 0.15) is 5.25 Å². The predicted molar refractivity (Wildman–Crippen MR) is 104 cm³/mol. The molecule has 3 rings (SSSR count). The van der Waals surface area contributed by atoms with E-state index in [9.17, 15) is 14.4 Å².